The molecular formula is C19H20FN3O3. The molecule has 6 nitrogen and oxygen atoms in total. The van der Waals surface area contributed by atoms with Crippen molar-refractivity contribution in [3.8, 4) is 5.88 Å². The summed E-state index contributed by atoms with van der Waals surface area (Å²) in [5.74, 6) is -0.111. The van der Waals surface area contributed by atoms with Gasteiger partial charge in [-0.2, -0.15) is 0 Å². The molecular weight excluding hydrogens is 337 g/mol. The van der Waals surface area contributed by atoms with E-state index in [0.29, 0.717) is 37.7 Å². The molecule has 1 aromatic carbocycles. The van der Waals surface area contributed by atoms with Gasteiger partial charge in [-0.1, -0.05) is 12.1 Å². The van der Waals surface area contributed by atoms with E-state index in [1.807, 2.05) is 13.0 Å². The molecule has 4 rings (SSSR count). The van der Waals surface area contributed by atoms with Crippen LogP contribution in [-0.4, -0.2) is 52.7 Å². The standard InChI is InChI=1S/C19H20FN3O3/c1-11-10-26-18-16(21-11)7-13(6-12-2-4-14(20)5-3-12)17(22-18)19(25)23-8-15(24)9-23/h2-5,7,11,15,21,24H,6,8-10H2,1H3/t11-/m0/s1. The van der Waals surface area contributed by atoms with E-state index in [1.165, 1.54) is 12.1 Å². The van der Waals surface area contributed by atoms with Gasteiger partial charge in [-0.15, -0.1) is 0 Å². The topological polar surface area (TPSA) is 74.7 Å². The van der Waals surface area contributed by atoms with Crippen molar-refractivity contribution in [3.05, 3.63) is 53.0 Å². The van der Waals surface area contributed by atoms with Crippen molar-refractivity contribution in [1.29, 1.82) is 0 Å². The summed E-state index contributed by atoms with van der Waals surface area (Å²) in [6.45, 7) is 3.10. The van der Waals surface area contributed by atoms with Gasteiger partial charge in [-0.3, -0.25) is 4.79 Å². The minimum atomic E-state index is -0.476. The van der Waals surface area contributed by atoms with Gasteiger partial charge >= 0.3 is 0 Å². The minimum absolute atomic E-state index is 0.148. The Bertz CT molecular complexity index is 835. The number of rotatable bonds is 3. The number of hydrogen-bond donors (Lipinski definition) is 2. The number of nitrogens with one attached hydrogen (secondary N) is 1. The van der Waals surface area contributed by atoms with E-state index in [4.69, 9.17) is 4.74 Å². The zero-order valence-corrected chi connectivity index (χ0v) is 14.4. The van der Waals surface area contributed by atoms with Crippen LogP contribution in [0.5, 0.6) is 5.88 Å². The number of carbonyl (C=O) groups excluding carboxylic acids is 1. The lowest BCUT2D eigenvalue weighted by molar-refractivity contribution is 0.00537. The summed E-state index contributed by atoms with van der Waals surface area (Å²) in [5, 5.41) is 12.8. The quantitative estimate of drug-likeness (QED) is 0.877. The largest absolute Gasteiger partial charge is 0.474 e. The van der Waals surface area contributed by atoms with Gasteiger partial charge in [0.25, 0.3) is 5.91 Å². The highest BCUT2D eigenvalue weighted by Gasteiger charge is 2.32. The van der Waals surface area contributed by atoms with Crippen LogP contribution in [0.4, 0.5) is 10.1 Å². The maximum Gasteiger partial charge on any atom is 0.273 e. The number of benzene rings is 1. The number of hydrogen-bond acceptors (Lipinski definition) is 5. The normalized spacial score (nSPS) is 19.2. The second kappa shape index (κ2) is 6.57. The second-order valence-corrected chi connectivity index (χ2v) is 6.87. The molecule has 1 aromatic heterocycles. The van der Waals surface area contributed by atoms with Crippen LogP contribution in [0.1, 0.15) is 28.5 Å². The van der Waals surface area contributed by atoms with E-state index in [1.54, 1.807) is 17.0 Å². The van der Waals surface area contributed by atoms with Gasteiger partial charge in [-0.25, -0.2) is 9.37 Å². The van der Waals surface area contributed by atoms with Gasteiger partial charge in [0.1, 0.15) is 18.1 Å². The zero-order valence-electron chi connectivity index (χ0n) is 14.4. The van der Waals surface area contributed by atoms with Crippen LogP contribution in [-0.2, 0) is 6.42 Å². The fraction of sp³-hybridized carbons (Fsp3) is 0.368. The Labute approximate surface area is 150 Å². The van der Waals surface area contributed by atoms with Crippen molar-refractivity contribution in [2.45, 2.75) is 25.5 Å². The minimum Gasteiger partial charge on any atom is -0.474 e. The molecule has 1 amide bonds. The monoisotopic (exact) mass is 357 g/mol. The van der Waals surface area contributed by atoms with Crippen molar-refractivity contribution in [2.24, 2.45) is 0 Å². The summed E-state index contributed by atoms with van der Waals surface area (Å²) in [4.78, 5) is 18.8. The third-order valence-electron chi connectivity index (χ3n) is 4.60. The summed E-state index contributed by atoms with van der Waals surface area (Å²) in [6.07, 6.45) is -0.0236. The summed E-state index contributed by atoms with van der Waals surface area (Å²) in [6, 6.07) is 8.22. The number of aliphatic hydroxyl groups is 1. The molecule has 2 aromatic rings. The molecule has 0 spiro atoms. The Balaban J connectivity index is 1.70. The molecule has 0 unspecified atom stereocenters. The molecule has 7 heteroatoms. The number of nitrogens with zero attached hydrogens (tertiary/aromatic N) is 2. The van der Waals surface area contributed by atoms with Gasteiger partial charge < -0.3 is 20.1 Å². The van der Waals surface area contributed by atoms with Crippen LogP contribution in [0.15, 0.2) is 30.3 Å². The number of fused-ring (bicyclic) bond motifs is 1. The number of β-amino-alcohol motifs (C(OH)–C–C–N with tert-alkyl or cyclic N) is 1. The van der Waals surface area contributed by atoms with E-state index in [0.717, 1.165) is 16.8 Å². The van der Waals surface area contributed by atoms with E-state index >= 15 is 0 Å². The Hall–Kier alpha value is -2.67. The van der Waals surface area contributed by atoms with Crippen LogP contribution in [0.25, 0.3) is 0 Å². The van der Waals surface area contributed by atoms with Gasteiger partial charge in [0, 0.05) is 13.1 Å². The second-order valence-electron chi connectivity index (χ2n) is 6.87. The van der Waals surface area contributed by atoms with Crippen molar-refractivity contribution in [1.82, 2.24) is 9.88 Å². The molecule has 1 fully saturated rings. The number of halogens is 1. The van der Waals surface area contributed by atoms with Gasteiger partial charge in [0.2, 0.25) is 5.88 Å². The summed E-state index contributed by atoms with van der Waals surface area (Å²) < 4.78 is 18.8. The number of pyridine rings is 1. The smallest absolute Gasteiger partial charge is 0.273 e. The first-order valence-corrected chi connectivity index (χ1v) is 8.64. The number of ether oxygens (including phenoxy) is 1. The lowest BCUT2D eigenvalue weighted by Gasteiger charge is -2.36. The van der Waals surface area contributed by atoms with Gasteiger partial charge in [0.05, 0.1) is 17.8 Å². The summed E-state index contributed by atoms with van der Waals surface area (Å²) >= 11 is 0. The van der Waals surface area contributed by atoms with E-state index < -0.39 is 6.10 Å². The molecule has 0 aliphatic carbocycles. The van der Waals surface area contributed by atoms with E-state index in [9.17, 15) is 14.3 Å². The summed E-state index contributed by atoms with van der Waals surface area (Å²) in [5.41, 5.74) is 2.69. The first-order valence-electron chi connectivity index (χ1n) is 8.64. The summed E-state index contributed by atoms with van der Waals surface area (Å²) in [7, 11) is 0. The molecule has 1 saturated heterocycles. The van der Waals surface area contributed by atoms with Crippen LogP contribution in [0.2, 0.25) is 0 Å². The zero-order chi connectivity index (χ0) is 18.3. The number of amides is 1. The number of aromatic nitrogens is 1. The van der Waals surface area contributed by atoms with Gasteiger partial charge in [0.15, 0.2) is 0 Å². The Morgan fingerprint density at radius 1 is 1.38 bits per heavy atom. The molecule has 1 atom stereocenters. The van der Waals surface area contributed by atoms with Crippen molar-refractivity contribution in [2.75, 3.05) is 25.0 Å². The Kier molecular flexibility index (Phi) is 4.24. The number of aliphatic hydroxyl groups excluding tert-OH is 1. The average Bonchev–Trinajstić information content (AvgIpc) is 2.60. The SMILES string of the molecule is C[C@H]1COc2nc(C(=O)N3CC(O)C3)c(Cc3ccc(F)cc3)cc2N1. The molecule has 2 aliphatic heterocycles. The molecule has 26 heavy (non-hydrogen) atoms. The highest BCUT2D eigenvalue weighted by atomic mass is 19.1. The van der Waals surface area contributed by atoms with Crippen LogP contribution < -0.4 is 10.1 Å². The number of likely N-dealkylation sites (tertiary alicyclic amines) is 1. The lowest BCUT2D eigenvalue weighted by Crippen LogP contribution is -2.53. The third kappa shape index (κ3) is 3.22. The molecule has 0 bridgehead atoms. The molecule has 0 radical (unpaired) electrons. The van der Waals surface area contributed by atoms with Crippen LogP contribution >= 0.6 is 0 Å². The molecule has 3 heterocycles. The lowest BCUT2D eigenvalue weighted by atomic mass is 10.0. The molecule has 2 aliphatic rings. The first kappa shape index (κ1) is 16.8. The maximum absolute atomic E-state index is 13.2. The number of anilines is 1. The van der Waals surface area contributed by atoms with E-state index in [-0.39, 0.29) is 17.8 Å². The fourth-order valence-electron chi connectivity index (χ4n) is 3.18. The predicted molar refractivity (Wildman–Crippen MR) is 93.9 cm³/mol. The van der Waals surface area contributed by atoms with Crippen LogP contribution in [0, 0.1) is 5.82 Å². The first-order chi connectivity index (χ1) is 12.5. The molecule has 0 saturated carbocycles. The molecule has 2 N–H and O–H groups in total. The fourth-order valence-corrected chi connectivity index (χ4v) is 3.18. The number of carbonyl (C=O) groups is 1. The van der Waals surface area contributed by atoms with Crippen molar-refractivity contribution < 1.29 is 19.0 Å². The third-order valence-corrected chi connectivity index (χ3v) is 4.60. The maximum atomic E-state index is 13.2. The van der Waals surface area contributed by atoms with E-state index in [2.05, 4.69) is 10.3 Å². The Morgan fingerprint density at radius 2 is 2.12 bits per heavy atom. The highest BCUT2D eigenvalue weighted by Crippen LogP contribution is 2.31. The Morgan fingerprint density at radius 3 is 2.81 bits per heavy atom. The highest BCUT2D eigenvalue weighted by molar-refractivity contribution is 5.95. The predicted octanol–water partition coefficient (Wildman–Crippen LogP) is 1.82. The van der Waals surface area contributed by atoms with Crippen LogP contribution in [0.3, 0.4) is 0 Å². The molecule has 136 valence electrons. The van der Waals surface area contributed by atoms with Gasteiger partial charge in [-0.05, 0) is 42.7 Å². The van der Waals surface area contributed by atoms with Crippen molar-refractivity contribution >= 4 is 11.6 Å². The van der Waals surface area contributed by atoms with Crippen molar-refractivity contribution in [3.63, 3.8) is 0 Å². The average molecular weight is 357 g/mol.